The van der Waals surface area contributed by atoms with Crippen LogP contribution in [0.1, 0.15) is 44.6 Å². The minimum Gasteiger partial charge on any atom is -0.491 e. The Morgan fingerprint density at radius 3 is 2.71 bits per heavy atom. The zero-order valence-corrected chi connectivity index (χ0v) is 19.7. The Kier molecular flexibility index (Phi) is 10.0. The van der Waals surface area contributed by atoms with E-state index < -0.39 is 5.82 Å². The molecule has 0 radical (unpaired) electrons. The summed E-state index contributed by atoms with van der Waals surface area (Å²) in [7, 11) is 0. The molecule has 0 saturated carbocycles. The van der Waals surface area contributed by atoms with Crippen molar-refractivity contribution in [3.8, 4) is 17.2 Å². The molecule has 2 aromatic carbocycles. The number of benzene rings is 2. The van der Waals surface area contributed by atoms with E-state index in [1.807, 2.05) is 25.1 Å². The Labute approximate surface area is 200 Å². The molecule has 184 valence electrons. The van der Waals surface area contributed by atoms with Crippen LogP contribution in [0, 0.1) is 5.82 Å². The summed E-state index contributed by atoms with van der Waals surface area (Å²) in [5.41, 5.74) is 0.786. The van der Waals surface area contributed by atoms with Gasteiger partial charge in [-0.1, -0.05) is 24.3 Å². The fourth-order valence-corrected chi connectivity index (χ4v) is 3.72. The van der Waals surface area contributed by atoms with Gasteiger partial charge in [-0.2, -0.15) is 0 Å². The second-order valence-electron chi connectivity index (χ2n) is 8.07. The number of hydrogen-bond acceptors (Lipinski definition) is 5. The average Bonchev–Trinajstić information content (AvgIpc) is 2.84. The van der Waals surface area contributed by atoms with E-state index in [0.29, 0.717) is 37.7 Å². The lowest BCUT2D eigenvalue weighted by atomic mass is 10.1. The van der Waals surface area contributed by atoms with Gasteiger partial charge in [0, 0.05) is 25.1 Å². The zero-order chi connectivity index (χ0) is 24.2. The number of amides is 2. The van der Waals surface area contributed by atoms with Crippen molar-refractivity contribution in [1.82, 2.24) is 10.2 Å². The molecule has 0 spiro atoms. The molecule has 0 aliphatic carbocycles. The Morgan fingerprint density at radius 1 is 1.06 bits per heavy atom. The number of carbonyl (C=O) groups excluding carboxylic acids is 2. The van der Waals surface area contributed by atoms with E-state index >= 15 is 0 Å². The molecule has 1 N–H and O–H groups in total. The molecule has 0 atom stereocenters. The lowest BCUT2D eigenvalue weighted by molar-refractivity contribution is -0.136. The molecular weight excluding hydrogens is 439 g/mol. The molecule has 2 amide bonds. The number of carbonyl (C=O) groups is 2. The summed E-state index contributed by atoms with van der Waals surface area (Å²) >= 11 is 0. The van der Waals surface area contributed by atoms with Gasteiger partial charge in [-0.25, -0.2) is 4.39 Å². The highest BCUT2D eigenvalue weighted by atomic mass is 19.1. The third-order valence-electron chi connectivity index (χ3n) is 5.43. The summed E-state index contributed by atoms with van der Waals surface area (Å²) in [6.45, 7) is 3.86. The van der Waals surface area contributed by atoms with Gasteiger partial charge >= 0.3 is 0 Å². The van der Waals surface area contributed by atoms with Gasteiger partial charge in [0.2, 0.25) is 11.8 Å². The highest BCUT2D eigenvalue weighted by Crippen LogP contribution is 2.33. The third-order valence-corrected chi connectivity index (χ3v) is 5.43. The van der Waals surface area contributed by atoms with E-state index in [1.165, 1.54) is 11.0 Å². The van der Waals surface area contributed by atoms with Crippen molar-refractivity contribution in [2.45, 2.75) is 45.6 Å². The lowest BCUT2D eigenvalue weighted by Gasteiger charge is -2.24. The maximum atomic E-state index is 13.7. The summed E-state index contributed by atoms with van der Waals surface area (Å²) in [4.78, 5) is 27.1. The maximum Gasteiger partial charge on any atom is 0.239 e. The summed E-state index contributed by atoms with van der Waals surface area (Å²) in [6, 6.07) is 11.7. The molecular formula is C26H33FN2O5. The monoisotopic (exact) mass is 472 g/mol. The highest BCUT2D eigenvalue weighted by Gasteiger charge is 2.21. The van der Waals surface area contributed by atoms with E-state index in [9.17, 15) is 14.0 Å². The van der Waals surface area contributed by atoms with Crippen molar-refractivity contribution >= 4 is 11.8 Å². The van der Waals surface area contributed by atoms with Crippen molar-refractivity contribution in [2.75, 3.05) is 32.9 Å². The molecule has 3 rings (SSSR count). The topological polar surface area (TPSA) is 77.1 Å². The SMILES string of the molecule is CCOc1cccc2c1OCCCCCNC(=O)CN(C(=O)CCCOc1ccccc1F)C2. The second-order valence-corrected chi connectivity index (χ2v) is 8.07. The van der Waals surface area contributed by atoms with Crippen LogP contribution in [-0.4, -0.2) is 49.6 Å². The molecule has 1 aliphatic rings. The van der Waals surface area contributed by atoms with Crippen LogP contribution in [0.2, 0.25) is 0 Å². The fraction of sp³-hybridized carbons (Fsp3) is 0.462. The van der Waals surface area contributed by atoms with Crippen molar-refractivity contribution in [2.24, 2.45) is 0 Å². The van der Waals surface area contributed by atoms with Gasteiger partial charge in [0.15, 0.2) is 23.1 Å². The highest BCUT2D eigenvalue weighted by molar-refractivity contribution is 5.84. The molecule has 0 fully saturated rings. The van der Waals surface area contributed by atoms with Crippen molar-refractivity contribution in [3.05, 3.63) is 53.8 Å². The standard InChI is InChI=1S/C26H33FN2O5/c1-2-32-23-13-8-10-20-18-29(19-24(30)28-15-6-3-7-16-34-26(20)23)25(31)14-9-17-33-22-12-5-4-11-21(22)27/h4-5,8,10-13H,2-3,6-7,9,14-19H2,1H3,(H,28,30). The maximum absolute atomic E-state index is 13.7. The minimum absolute atomic E-state index is 0.0503. The van der Waals surface area contributed by atoms with Crippen LogP contribution in [0.15, 0.2) is 42.5 Å². The first-order chi connectivity index (χ1) is 16.6. The summed E-state index contributed by atoms with van der Waals surface area (Å²) in [6.07, 6.45) is 3.20. The van der Waals surface area contributed by atoms with Gasteiger partial charge in [-0.05, 0) is 50.8 Å². The number of halogens is 1. The Morgan fingerprint density at radius 2 is 1.88 bits per heavy atom. The number of nitrogens with zero attached hydrogens (tertiary/aromatic N) is 1. The van der Waals surface area contributed by atoms with E-state index in [0.717, 1.165) is 24.8 Å². The molecule has 0 aromatic heterocycles. The molecule has 7 nitrogen and oxygen atoms in total. The van der Waals surface area contributed by atoms with E-state index in [-0.39, 0.29) is 43.7 Å². The normalized spacial score (nSPS) is 15.0. The summed E-state index contributed by atoms with van der Waals surface area (Å²) in [5, 5.41) is 2.89. The van der Waals surface area contributed by atoms with Gasteiger partial charge in [-0.3, -0.25) is 9.59 Å². The Balaban J connectivity index is 1.70. The second kappa shape index (κ2) is 13.4. The fourth-order valence-electron chi connectivity index (χ4n) is 3.72. The number of ether oxygens (including phenoxy) is 3. The first-order valence-electron chi connectivity index (χ1n) is 11.9. The van der Waals surface area contributed by atoms with E-state index in [4.69, 9.17) is 14.2 Å². The van der Waals surface area contributed by atoms with Gasteiger partial charge in [0.1, 0.15) is 0 Å². The molecule has 1 aliphatic heterocycles. The average molecular weight is 473 g/mol. The smallest absolute Gasteiger partial charge is 0.239 e. The van der Waals surface area contributed by atoms with Gasteiger partial charge < -0.3 is 24.4 Å². The van der Waals surface area contributed by atoms with Crippen LogP contribution in [0.5, 0.6) is 17.2 Å². The number of rotatable bonds is 7. The van der Waals surface area contributed by atoms with Crippen LogP contribution in [0.3, 0.4) is 0 Å². The van der Waals surface area contributed by atoms with E-state index in [1.54, 1.807) is 18.2 Å². The Hall–Kier alpha value is -3.29. The largest absolute Gasteiger partial charge is 0.491 e. The number of para-hydroxylation sites is 2. The van der Waals surface area contributed by atoms with Gasteiger partial charge in [0.25, 0.3) is 0 Å². The van der Waals surface area contributed by atoms with Crippen LogP contribution in [0.25, 0.3) is 0 Å². The van der Waals surface area contributed by atoms with E-state index in [2.05, 4.69) is 5.32 Å². The number of fused-ring (bicyclic) bond motifs is 1. The number of hydrogen-bond donors (Lipinski definition) is 1. The van der Waals surface area contributed by atoms with Gasteiger partial charge in [-0.15, -0.1) is 0 Å². The third kappa shape index (κ3) is 7.64. The molecule has 0 bridgehead atoms. The van der Waals surface area contributed by atoms with Crippen molar-refractivity contribution in [1.29, 1.82) is 0 Å². The van der Waals surface area contributed by atoms with Crippen LogP contribution >= 0.6 is 0 Å². The molecule has 8 heteroatoms. The zero-order valence-electron chi connectivity index (χ0n) is 19.7. The lowest BCUT2D eigenvalue weighted by Crippen LogP contribution is -2.40. The predicted molar refractivity (Wildman–Crippen MR) is 127 cm³/mol. The molecule has 2 aromatic rings. The molecule has 34 heavy (non-hydrogen) atoms. The van der Waals surface area contributed by atoms with Crippen LogP contribution in [-0.2, 0) is 16.1 Å². The molecule has 1 heterocycles. The Bertz CT molecular complexity index is 953. The summed E-state index contributed by atoms with van der Waals surface area (Å²) < 4.78 is 31.0. The van der Waals surface area contributed by atoms with Crippen LogP contribution < -0.4 is 19.5 Å². The van der Waals surface area contributed by atoms with Crippen molar-refractivity contribution in [3.63, 3.8) is 0 Å². The van der Waals surface area contributed by atoms with Gasteiger partial charge in [0.05, 0.1) is 26.4 Å². The van der Waals surface area contributed by atoms with Crippen molar-refractivity contribution < 1.29 is 28.2 Å². The first-order valence-corrected chi connectivity index (χ1v) is 11.9. The number of nitrogens with one attached hydrogen (secondary N) is 1. The summed E-state index contributed by atoms with van der Waals surface area (Å²) in [5.74, 6) is 0.584. The van der Waals surface area contributed by atoms with Crippen LogP contribution in [0.4, 0.5) is 4.39 Å². The predicted octanol–water partition coefficient (Wildman–Crippen LogP) is 4.09. The minimum atomic E-state index is -0.439. The first kappa shape index (κ1) is 25.3. The quantitative estimate of drug-likeness (QED) is 0.615. The molecule has 0 saturated heterocycles. The molecule has 0 unspecified atom stereocenters.